The average molecular weight is 138 g/mol. The highest BCUT2D eigenvalue weighted by atomic mass is 15.1. The molecule has 0 bridgehead atoms. The van der Waals surface area contributed by atoms with Gasteiger partial charge >= 0.3 is 0 Å². The Morgan fingerprint density at radius 2 is 2.20 bits per heavy atom. The third-order valence-electron chi connectivity index (χ3n) is 2.48. The molecule has 1 saturated carbocycles. The number of hydrogen-bond donors (Lipinski definition) is 1. The van der Waals surface area contributed by atoms with Crippen molar-refractivity contribution in [1.82, 2.24) is 5.32 Å². The Labute approximate surface area is 61.7 Å². The van der Waals surface area contributed by atoms with E-state index in [9.17, 15) is 0 Å². The minimum Gasteiger partial charge on any atom is -0.369 e. The van der Waals surface area contributed by atoms with Crippen molar-refractivity contribution in [2.45, 2.75) is 44.7 Å². The van der Waals surface area contributed by atoms with E-state index in [0.717, 1.165) is 5.84 Å². The zero-order valence-corrected chi connectivity index (χ0v) is 6.43. The molecule has 0 amide bonds. The van der Waals surface area contributed by atoms with E-state index < -0.39 is 0 Å². The largest absolute Gasteiger partial charge is 0.369 e. The third-order valence-corrected chi connectivity index (χ3v) is 2.48. The molecule has 2 unspecified atom stereocenters. The number of fused-ring (bicyclic) bond motifs is 1. The van der Waals surface area contributed by atoms with Gasteiger partial charge in [-0.15, -0.1) is 0 Å². The maximum atomic E-state index is 4.52. The molecule has 0 saturated heterocycles. The van der Waals surface area contributed by atoms with Crippen molar-refractivity contribution in [3.63, 3.8) is 0 Å². The Kier molecular flexibility index (Phi) is 1.40. The molecule has 10 heavy (non-hydrogen) atoms. The van der Waals surface area contributed by atoms with Gasteiger partial charge in [-0.25, -0.2) is 0 Å². The fourth-order valence-corrected chi connectivity index (χ4v) is 1.99. The van der Waals surface area contributed by atoms with Crippen molar-refractivity contribution >= 4 is 5.84 Å². The predicted molar refractivity (Wildman–Crippen MR) is 42.3 cm³/mol. The SMILES string of the molecule is CC1=NC2CCCCC2N1. The third kappa shape index (κ3) is 0.917. The monoisotopic (exact) mass is 138 g/mol. The van der Waals surface area contributed by atoms with Gasteiger partial charge in [-0.2, -0.15) is 0 Å². The first-order chi connectivity index (χ1) is 4.86. The Balaban J connectivity index is 2.06. The van der Waals surface area contributed by atoms with Crippen molar-refractivity contribution in [1.29, 1.82) is 0 Å². The van der Waals surface area contributed by atoms with E-state index >= 15 is 0 Å². The number of aliphatic imine (C=N–C) groups is 1. The number of nitrogens with one attached hydrogen (secondary N) is 1. The summed E-state index contributed by atoms with van der Waals surface area (Å²) in [4.78, 5) is 4.52. The molecule has 0 aromatic rings. The van der Waals surface area contributed by atoms with Gasteiger partial charge in [0, 0.05) is 6.04 Å². The smallest absolute Gasteiger partial charge is 0.0938 e. The first-order valence-electron chi connectivity index (χ1n) is 4.17. The van der Waals surface area contributed by atoms with Crippen LogP contribution in [0, 0.1) is 0 Å². The molecule has 0 aromatic heterocycles. The van der Waals surface area contributed by atoms with Crippen molar-refractivity contribution < 1.29 is 0 Å². The lowest BCUT2D eigenvalue weighted by Crippen LogP contribution is -2.35. The molecule has 1 aliphatic carbocycles. The molecule has 1 N–H and O–H groups in total. The number of rotatable bonds is 0. The highest BCUT2D eigenvalue weighted by Crippen LogP contribution is 2.24. The van der Waals surface area contributed by atoms with Gasteiger partial charge in [0.15, 0.2) is 0 Å². The van der Waals surface area contributed by atoms with Gasteiger partial charge < -0.3 is 5.32 Å². The highest BCUT2D eigenvalue weighted by molar-refractivity contribution is 5.81. The average Bonchev–Trinajstić information content (AvgIpc) is 2.27. The maximum Gasteiger partial charge on any atom is 0.0938 e. The first-order valence-corrected chi connectivity index (χ1v) is 4.17. The Hall–Kier alpha value is -0.530. The summed E-state index contributed by atoms with van der Waals surface area (Å²) in [6, 6.07) is 1.31. The Bertz CT molecular complexity index is 163. The van der Waals surface area contributed by atoms with Crippen LogP contribution in [0.5, 0.6) is 0 Å². The summed E-state index contributed by atoms with van der Waals surface area (Å²) in [5.41, 5.74) is 0. The predicted octanol–water partition coefficient (Wildman–Crippen LogP) is 1.32. The van der Waals surface area contributed by atoms with Crippen LogP contribution in [0.3, 0.4) is 0 Å². The maximum absolute atomic E-state index is 4.52. The van der Waals surface area contributed by atoms with E-state index in [0.29, 0.717) is 12.1 Å². The Morgan fingerprint density at radius 3 is 3.00 bits per heavy atom. The lowest BCUT2D eigenvalue weighted by Gasteiger charge is -2.23. The number of nitrogens with zero attached hydrogens (tertiary/aromatic N) is 1. The van der Waals surface area contributed by atoms with Crippen molar-refractivity contribution in [2.24, 2.45) is 4.99 Å². The van der Waals surface area contributed by atoms with E-state index in [-0.39, 0.29) is 0 Å². The fraction of sp³-hybridized carbons (Fsp3) is 0.875. The van der Waals surface area contributed by atoms with Crippen LogP contribution in [0.4, 0.5) is 0 Å². The normalized spacial score (nSPS) is 38.3. The van der Waals surface area contributed by atoms with Crippen molar-refractivity contribution in [3.8, 4) is 0 Å². The molecule has 1 fully saturated rings. The highest BCUT2D eigenvalue weighted by Gasteiger charge is 2.28. The van der Waals surface area contributed by atoms with E-state index in [1.54, 1.807) is 0 Å². The molecule has 0 radical (unpaired) electrons. The van der Waals surface area contributed by atoms with Gasteiger partial charge in [-0.05, 0) is 19.8 Å². The number of amidine groups is 1. The van der Waals surface area contributed by atoms with Crippen LogP contribution < -0.4 is 5.32 Å². The Morgan fingerprint density at radius 1 is 1.40 bits per heavy atom. The topological polar surface area (TPSA) is 24.4 Å². The standard InChI is InChI=1S/C8H14N2/c1-6-9-7-4-2-3-5-8(7)10-6/h7-8H,2-5H2,1H3,(H,9,10). The number of hydrogen-bond acceptors (Lipinski definition) is 2. The second kappa shape index (κ2) is 2.26. The van der Waals surface area contributed by atoms with Crippen LogP contribution in [-0.2, 0) is 0 Å². The second-order valence-electron chi connectivity index (χ2n) is 3.32. The van der Waals surface area contributed by atoms with Gasteiger partial charge in [-0.3, -0.25) is 4.99 Å². The van der Waals surface area contributed by atoms with Crippen molar-refractivity contribution in [3.05, 3.63) is 0 Å². The van der Waals surface area contributed by atoms with E-state index in [2.05, 4.69) is 17.2 Å². The first kappa shape index (κ1) is 6.20. The van der Waals surface area contributed by atoms with Crippen LogP contribution in [0.1, 0.15) is 32.6 Å². The van der Waals surface area contributed by atoms with Gasteiger partial charge in [0.05, 0.1) is 11.9 Å². The molecule has 0 spiro atoms. The molecule has 2 atom stereocenters. The van der Waals surface area contributed by atoms with Gasteiger partial charge in [0.1, 0.15) is 0 Å². The molecule has 2 nitrogen and oxygen atoms in total. The summed E-state index contributed by atoms with van der Waals surface area (Å²) < 4.78 is 0. The molecule has 1 aliphatic heterocycles. The van der Waals surface area contributed by atoms with Crippen molar-refractivity contribution in [2.75, 3.05) is 0 Å². The van der Waals surface area contributed by atoms with Crippen LogP contribution in [0.25, 0.3) is 0 Å². The van der Waals surface area contributed by atoms with Gasteiger partial charge in [0.25, 0.3) is 0 Å². The molecule has 56 valence electrons. The van der Waals surface area contributed by atoms with Crippen LogP contribution in [0.2, 0.25) is 0 Å². The quantitative estimate of drug-likeness (QED) is 0.536. The molecule has 2 rings (SSSR count). The lowest BCUT2D eigenvalue weighted by atomic mass is 9.92. The van der Waals surface area contributed by atoms with E-state index in [1.165, 1.54) is 25.7 Å². The molecular formula is C8H14N2. The summed E-state index contributed by atoms with van der Waals surface area (Å²) in [5, 5.41) is 3.41. The van der Waals surface area contributed by atoms with E-state index in [4.69, 9.17) is 0 Å². The summed E-state index contributed by atoms with van der Waals surface area (Å²) >= 11 is 0. The molecule has 1 heterocycles. The minimum atomic E-state index is 0.619. The zero-order chi connectivity index (χ0) is 6.97. The second-order valence-corrected chi connectivity index (χ2v) is 3.32. The molecule has 0 aromatic carbocycles. The minimum absolute atomic E-state index is 0.619. The van der Waals surface area contributed by atoms with E-state index in [1.807, 2.05) is 0 Å². The zero-order valence-electron chi connectivity index (χ0n) is 6.43. The molecule has 2 heteroatoms. The summed E-state index contributed by atoms with van der Waals surface area (Å²) in [5.74, 6) is 1.15. The van der Waals surface area contributed by atoms with Gasteiger partial charge in [0.2, 0.25) is 0 Å². The van der Waals surface area contributed by atoms with Crippen LogP contribution in [0.15, 0.2) is 4.99 Å². The van der Waals surface area contributed by atoms with Crippen LogP contribution in [-0.4, -0.2) is 17.9 Å². The summed E-state index contributed by atoms with van der Waals surface area (Å²) in [6.07, 6.45) is 5.39. The summed E-state index contributed by atoms with van der Waals surface area (Å²) in [6.45, 7) is 2.07. The van der Waals surface area contributed by atoms with Gasteiger partial charge in [-0.1, -0.05) is 12.8 Å². The fourth-order valence-electron chi connectivity index (χ4n) is 1.99. The molecule has 2 aliphatic rings. The molecular weight excluding hydrogens is 124 g/mol. The summed E-state index contributed by atoms with van der Waals surface area (Å²) in [7, 11) is 0. The lowest BCUT2D eigenvalue weighted by molar-refractivity contribution is 0.384. The van der Waals surface area contributed by atoms with Crippen LogP contribution >= 0.6 is 0 Å².